The van der Waals surface area contributed by atoms with Crippen molar-refractivity contribution in [1.82, 2.24) is 10.6 Å². The summed E-state index contributed by atoms with van der Waals surface area (Å²) in [5.74, 6) is 0.638. The van der Waals surface area contributed by atoms with E-state index in [4.69, 9.17) is 4.74 Å². The van der Waals surface area contributed by atoms with Gasteiger partial charge < -0.3 is 15.4 Å². The van der Waals surface area contributed by atoms with Gasteiger partial charge in [-0.05, 0) is 50.9 Å². The van der Waals surface area contributed by atoms with Crippen LogP contribution >= 0.6 is 0 Å². The van der Waals surface area contributed by atoms with Crippen molar-refractivity contribution in [3.63, 3.8) is 0 Å². The smallest absolute Gasteiger partial charge is 0.260 e. The van der Waals surface area contributed by atoms with Gasteiger partial charge in [0.1, 0.15) is 5.75 Å². The van der Waals surface area contributed by atoms with Crippen molar-refractivity contribution in [3.8, 4) is 5.75 Å². The number of rotatable bonds is 7. The molecule has 0 aliphatic carbocycles. The number of benzene rings is 1. The summed E-state index contributed by atoms with van der Waals surface area (Å²) in [5, 5.41) is 6.04. The van der Waals surface area contributed by atoms with Crippen molar-refractivity contribution in [3.05, 3.63) is 29.3 Å². The molecule has 1 aromatic carbocycles. The molecule has 0 aliphatic rings. The molecule has 1 amide bonds. The summed E-state index contributed by atoms with van der Waals surface area (Å²) in [4.78, 5) is 11.5. The molecular formula is C16H26N2O2. The molecule has 4 nitrogen and oxygen atoms in total. The van der Waals surface area contributed by atoms with Gasteiger partial charge in [0.05, 0.1) is 0 Å². The molecule has 0 bridgehead atoms. The summed E-state index contributed by atoms with van der Waals surface area (Å²) in [7, 11) is 1.61. The molecule has 2 N–H and O–H groups in total. The Morgan fingerprint density at radius 1 is 1.35 bits per heavy atom. The largest absolute Gasteiger partial charge is 0.481 e. The van der Waals surface area contributed by atoms with Crippen molar-refractivity contribution in [2.45, 2.75) is 46.3 Å². The molecule has 0 saturated heterocycles. The van der Waals surface area contributed by atoms with E-state index >= 15 is 0 Å². The summed E-state index contributed by atoms with van der Waals surface area (Å²) < 4.78 is 5.68. The van der Waals surface area contributed by atoms with Crippen molar-refractivity contribution < 1.29 is 9.53 Å². The average Bonchev–Trinajstić information content (AvgIpc) is 2.45. The fourth-order valence-electron chi connectivity index (χ4n) is 2.00. The Kier molecular flexibility index (Phi) is 6.52. The van der Waals surface area contributed by atoms with E-state index in [0.29, 0.717) is 6.04 Å². The Labute approximate surface area is 121 Å². The Morgan fingerprint density at radius 3 is 2.60 bits per heavy atom. The Hall–Kier alpha value is -1.55. The second-order valence-electron chi connectivity index (χ2n) is 5.08. The van der Waals surface area contributed by atoms with E-state index in [2.05, 4.69) is 30.5 Å². The molecule has 0 spiro atoms. The van der Waals surface area contributed by atoms with E-state index in [1.54, 1.807) is 14.0 Å². The zero-order chi connectivity index (χ0) is 15.1. The fourth-order valence-corrected chi connectivity index (χ4v) is 2.00. The molecule has 0 radical (unpaired) electrons. The number of carbonyl (C=O) groups is 1. The molecule has 1 rings (SSSR count). The number of nitrogens with one attached hydrogen (secondary N) is 2. The van der Waals surface area contributed by atoms with Crippen molar-refractivity contribution >= 4 is 5.91 Å². The van der Waals surface area contributed by atoms with Crippen LogP contribution in [-0.2, 0) is 4.79 Å². The Morgan fingerprint density at radius 2 is 2.05 bits per heavy atom. The van der Waals surface area contributed by atoms with Crippen LogP contribution in [0.15, 0.2) is 18.2 Å². The predicted octanol–water partition coefficient (Wildman–Crippen LogP) is 2.57. The van der Waals surface area contributed by atoms with E-state index in [9.17, 15) is 4.79 Å². The zero-order valence-corrected chi connectivity index (χ0v) is 13.1. The average molecular weight is 278 g/mol. The maximum absolute atomic E-state index is 11.5. The lowest BCUT2D eigenvalue weighted by Crippen LogP contribution is -2.33. The predicted molar refractivity (Wildman–Crippen MR) is 82.0 cm³/mol. The van der Waals surface area contributed by atoms with E-state index in [0.717, 1.165) is 24.3 Å². The van der Waals surface area contributed by atoms with E-state index in [-0.39, 0.29) is 5.91 Å². The first kappa shape index (κ1) is 16.5. The maximum Gasteiger partial charge on any atom is 0.260 e. The van der Waals surface area contributed by atoms with Gasteiger partial charge in [-0.25, -0.2) is 0 Å². The van der Waals surface area contributed by atoms with E-state index < -0.39 is 6.10 Å². The number of ether oxygens (including phenoxy) is 1. The first-order valence-corrected chi connectivity index (χ1v) is 7.21. The standard InChI is InChI=1S/C16H26N2O2/c1-6-9-18-12(3)14-7-8-15(11(2)10-14)20-13(4)16(19)17-5/h7-8,10,12-13,18H,6,9H2,1-5H3,(H,17,19). The molecule has 112 valence electrons. The van der Waals surface area contributed by atoms with Crippen LogP contribution in [0.4, 0.5) is 0 Å². The second kappa shape index (κ2) is 7.90. The normalized spacial score (nSPS) is 13.7. The zero-order valence-electron chi connectivity index (χ0n) is 13.1. The highest BCUT2D eigenvalue weighted by Gasteiger charge is 2.14. The molecule has 20 heavy (non-hydrogen) atoms. The van der Waals surface area contributed by atoms with Gasteiger partial charge in [-0.1, -0.05) is 19.1 Å². The van der Waals surface area contributed by atoms with Crippen LogP contribution in [-0.4, -0.2) is 25.6 Å². The minimum Gasteiger partial charge on any atom is -0.481 e. The Balaban J connectivity index is 2.75. The van der Waals surface area contributed by atoms with Gasteiger partial charge in [0.2, 0.25) is 0 Å². The van der Waals surface area contributed by atoms with Crippen molar-refractivity contribution in [1.29, 1.82) is 0 Å². The maximum atomic E-state index is 11.5. The summed E-state index contributed by atoms with van der Waals surface area (Å²) in [5.41, 5.74) is 2.28. The molecule has 2 atom stereocenters. The van der Waals surface area contributed by atoms with Gasteiger partial charge in [0, 0.05) is 13.1 Å². The molecule has 0 fully saturated rings. The highest BCUT2D eigenvalue weighted by molar-refractivity contribution is 5.80. The first-order valence-electron chi connectivity index (χ1n) is 7.21. The molecule has 1 aromatic rings. The van der Waals surface area contributed by atoms with Crippen LogP contribution in [0, 0.1) is 6.92 Å². The Bertz CT molecular complexity index is 446. The van der Waals surface area contributed by atoms with Gasteiger partial charge in [-0.2, -0.15) is 0 Å². The number of hydrogen-bond acceptors (Lipinski definition) is 3. The van der Waals surface area contributed by atoms with Crippen molar-refractivity contribution in [2.75, 3.05) is 13.6 Å². The highest BCUT2D eigenvalue weighted by Crippen LogP contribution is 2.23. The first-order chi connectivity index (χ1) is 9.49. The lowest BCUT2D eigenvalue weighted by atomic mass is 10.0. The highest BCUT2D eigenvalue weighted by atomic mass is 16.5. The quantitative estimate of drug-likeness (QED) is 0.806. The van der Waals surface area contributed by atoms with Gasteiger partial charge >= 0.3 is 0 Å². The number of carbonyl (C=O) groups excluding carboxylic acids is 1. The van der Waals surface area contributed by atoms with Crippen LogP contribution in [0.5, 0.6) is 5.75 Å². The third-order valence-corrected chi connectivity index (χ3v) is 3.32. The SMILES string of the molecule is CCCNC(C)c1ccc(OC(C)C(=O)NC)c(C)c1. The minimum atomic E-state index is -0.486. The number of amides is 1. The fraction of sp³-hybridized carbons (Fsp3) is 0.562. The summed E-state index contributed by atoms with van der Waals surface area (Å²) >= 11 is 0. The molecule has 4 heteroatoms. The third-order valence-electron chi connectivity index (χ3n) is 3.32. The second-order valence-corrected chi connectivity index (χ2v) is 5.08. The number of aryl methyl sites for hydroxylation is 1. The van der Waals surface area contributed by atoms with Crippen LogP contribution in [0.25, 0.3) is 0 Å². The van der Waals surface area contributed by atoms with Gasteiger partial charge in [-0.3, -0.25) is 4.79 Å². The van der Waals surface area contributed by atoms with Crippen LogP contribution < -0.4 is 15.4 Å². The molecule has 0 heterocycles. The van der Waals surface area contributed by atoms with Crippen molar-refractivity contribution in [2.24, 2.45) is 0 Å². The topological polar surface area (TPSA) is 50.4 Å². The lowest BCUT2D eigenvalue weighted by molar-refractivity contribution is -0.126. The van der Waals surface area contributed by atoms with E-state index in [1.807, 2.05) is 19.1 Å². The van der Waals surface area contributed by atoms with Crippen LogP contribution in [0.3, 0.4) is 0 Å². The molecular weight excluding hydrogens is 252 g/mol. The summed E-state index contributed by atoms with van der Waals surface area (Å²) in [6.07, 6.45) is 0.633. The molecule has 0 saturated carbocycles. The van der Waals surface area contributed by atoms with Gasteiger partial charge in [0.15, 0.2) is 6.10 Å². The number of likely N-dealkylation sites (N-methyl/N-ethyl adjacent to an activating group) is 1. The third kappa shape index (κ3) is 4.53. The van der Waals surface area contributed by atoms with Crippen LogP contribution in [0.1, 0.15) is 44.4 Å². The number of hydrogen-bond donors (Lipinski definition) is 2. The molecule has 0 aromatic heterocycles. The minimum absolute atomic E-state index is 0.119. The lowest BCUT2D eigenvalue weighted by Gasteiger charge is -2.18. The monoisotopic (exact) mass is 278 g/mol. The molecule has 2 unspecified atom stereocenters. The summed E-state index contributed by atoms with van der Waals surface area (Å²) in [6, 6.07) is 6.42. The van der Waals surface area contributed by atoms with E-state index in [1.165, 1.54) is 5.56 Å². The van der Waals surface area contributed by atoms with Gasteiger partial charge in [-0.15, -0.1) is 0 Å². The van der Waals surface area contributed by atoms with Gasteiger partial charge in [0.25, 0.3) is 5.91 Å². The summed E-state index contributed by atoms with van der Waals surface area (Å²) in [6.45, 7) is 9.06. The molecule has 0 aliphatic heterocycles. The van der Waals surface area contributed by atoms with Crippen LogP contribution in [0.2, 0.25) is 0 Å².